The van der Waals surface area contributed by atoms with E-state index in [0.717, 1.165) is 17.8 Å². The van der Waals surface area contributed by atoms with E-state index in [2.05, 4.69) is 24.0 Å². The Kier molecular flexibility index (Phi) is 2.48. The molecular weight excluding hydrogens is 176 g/mol. The lowest BCUT2D eigenvalue weighted by Gasteiger charge is -2.06. The molecule has 1 unspecified atom stereocenters. The minimum Gasteiger partial charge on any atom is -0.386 e. The predicted octanol–water partition coefficient (Wildman–Crippen LogP) is 2.56. The molecule has 0 aliphatic carbocycles. The van der Waals surface area contributed by atoms with Crippen molar-refractivity contribution in [3.63, 3.8) is 0 Å². The maximum atomic E-state index is 5.34. The van der Waals surface area contributed by atoms with Gasteiger partial charge in [-0.1, -0.05) is 25.1 Å². The van der Waals surface area contributed by atoms with Crippen LogP contribution in [0.25, 0.3) is 0 Å². The van der Waals surface area contributed by atoms with Gasteiger partial charge in [-0.3, -0.25) is 4.98 Å². The number of pyridine rings is 1. The second kappa shape index (κ2) is 3.78. The number of hydrogen-bond donors (Lipinski definition) is 0. The molecule has 1 aliphatic rings. The summed E-state index contributed by atoms with van der Waals surface area (Å²) < 4.78 is 0. The SMILES string of the molecule is CC(C)C1=NOC(c2ccccn2)C1. The molecule has 3 nitrogen and oxygen atoms in total. The van der Waals surface area contributed by atoms with Crippen LogP contribution in [-0.4, -0.2) is 10.7 Å². The standard InChI is InChI=1S/C11H14N2O/c1-8(2)10-7-11(14-13-10)9-5-3-4-6-12-9/h3-6,8,11H,7H2,1-2H3. The van der Waals surface area contributed by atoms with Crippen LogP contribution in [0.15, 0.2) is 29.6 Å². The fourth-order valence-corrected chi connectivity index (χ4v) is 1.46. The molecule has 1 aromatic heterocycles. The van der Waals surface area contributed by atoms with E-state index in [0.29, 0.717) is 5.92 Å². The molecule has 1 atom stereocenters. The summed E-state index contributed by atoms with van der Waals surface area (Å²) in [5.41, 5.74) is 2.09. The molecule has 0 N–H and O–H groups in total. The van der Waals surface area contributed by atoms with Crippen LogP contribution in [0.1, 0.15) is 32.1 Å². The summed E-state index contributed by atoms with van der Waals surface area (Å²) in [4.78, 5) is 9.59. The van der Waals surface area contributed by atoms with E-state index in [4.69, 9.17) is 4.84 Å². The molecule has 0 fully saturated rings. The molecule has 0 saturated heterocycles. The number of aromatic nitrogens is 1. The fraction of sp³-hybridized carbons (Fsp3) is 0.455. The average Bonchev–Trinajstić information content (AvgIpc) is 2.68. The Hall–Kier alpha value is -1.38. The highest BCUT2D eigenvalue weighted by atomic mass is 16.6. The number of oxime groups is 1. The minimum absolute atomic E-state index is 0.0219. The topological polar surface area (TPSA) is 34.5 Å². The van der Waals surface area contributed by atoms with Gasteiger partial charge in [0.2, 0.25) is 0 Å². The summed E-state index contributed by atoms with van der Waals surface area (Å²) >= 11 is 0. The van der Waals surface area contributed by atoms with Crippen molar-refractivity contribution in [2.45, 2.75) is 26.4 Å². The third-order valence-electron chi connectivity index (χ3n) is 2.38. The van der Waals surface area contributed by atoms with E-state index < -0.39 is 0 Å². The summed E-state index contributed by atoms with van der Waals surface area (Å²) in [5, 5.41) is 4.07. The van der Waals surface area contributed by atoms with E-state index in [9.17, 15) is 0 Å². The summed E-state index contributed by atoms with van der Waals surface area (Å²) in [6, 6.07) is 5.85. The van der Waals surface area contributed by atoms with Gasteiger partial charge in [0.1, 0.15) is 0 Å². The molecule has 0 saturated carbocycles. The first-order valence-electron chi connectivity index (χ1n) is 4.91. The highest BCUT2D eigenvalue weighted by Crippen LogP contribution is 2.27. The Labute approximate surface area is 83.8 Å². The van der Waals surface area contributed by atoms with E-state index in [1.165, 1.54) is 0 Å². The van der Waals surface area contributed by atoms with Gasteiger partial charge in [0.05, 0.1) is 11.4 Å². The van der Waals surface area contributed by atoms with Gasteiger partial charge in [-0.15, -0.1) is 0 Å². The molecule has 2 rings (SSSR count). The van der Waals surface area contributed by atoms with E-state index in [1.54, 1.807) is 6.20 Å². The summed E-state index contributed by atoms with van der Waals surface area (Å²) in [6.45, 7) is 4.26. The Morgan fingerprint density at radius 1 is 1.43 bits per heavy atom. The quantitative estimate of drug-likeness (QED) is 0.718. The van der Waals surface area contributed by atoms with Crippen molar-refractivity contribution in [1.29, 1.82) is 0 Å². The largest absolute Gasteiger partial charge is 0.386 e. The molecular formula is C11H14N2O. The van der Waals surface area contributed by atoms with Crippen molar-refractivity contribution in [2.75, 3.05) is 0 Å². The first kappa shape index (κ1) is 9.19. The monoisotopic (exact) mass is 190 g/mol. The lowest BCUT2D eigenvalue weighted by molar-refractivity contribution is 0.0825. The number of rotatable bonds is 2. The van der Waals surface area contributed by atoms with Crippen molar-refractivity contribution >= 4 is 5.71 Å². The third-order valence-corrected chi connectivity index (χ3v) is 2.38. The van der Waals surface area contributed by atoms with E-state index in [-0.39, 0.29) is 6.10 Å². The van der Waals surface area contributed by atoms with Crippen LogP contribution in [0, 0.1) is 5.92 Å². The van der Waals surface area contributed by atoms with Gasteiger partial charge < -0.3 is 4.84 Å². The third kappa shape index (κ3) is 1.76. The van der Waals surface area contributed by atoms with Crippen molar-refractivity contribution in [3.8, 4) is 0 Å². The number of nitrogens with zero attached hydrogens (tertiary/aromatic N) is 2. The van der Waals surface area contributed by atoms with Crippen molar-refractivity contribution in [2.24, 2.45) is 11.1 Å². The maximum Gasteiger partial charge on any atom is 0.174 e. The van der Waals surface area contributed by atoms with Gasteiger partial charge in [0.25, 0.3) is 0 Å². The summed E-state index contributed by atoms with van der Waals surface area (Å²) in [7, 11) is 0. The van der Waals surface area contributed by atoms with Crippen LogP contribution in [0.2, 0.25) is 0 Å². The highest BCUT2D eigenvalue weighted by Gasteiger charge is 2.24. The molecule has 0 amide bonds. The molecule has 0 spiro atoms. The lowest BCUT2D eigenvalue weighted by atomic mass is 10.0. The van der Waals surface area contributed by atoms with E-state index >= 15 is 0 Å². The van der Waals surface area contributed by atoms with Crippen molar-refractivity contribution in [1.82, 2.24) is 4.98 Å². The van der Waals surface area contributed by atoms with Crippen LogP contribution in [0.3, 0.4) is 0 Å². The zero-order valence-corrected chi connectivity index (χ0v) is 8.47. The van der Waals surface area contributed by atoms with Crippen molar-refractivity contribution in [3.05, 3.63) is 30.1 Å². The van der Waals surface area contributed by atoms with Crippen LogP contribution in [-0.2, 0) is 4.84 Å². The number of hydrogen-bond acceptors (Lipinski definition) is 3. The maximum absolute atomic E-state index is 5.34. The molecule has 1 aromatic rings. The smallest absolute Gasteiger partial charge is 0.174 e. The summed E-state index contributed by atoms with van der Waals surface area (Å²) in [6.07, 6.45) is 2.68. The molecule has 0 aromatic carbocycles. The zero-order valence-electron chi connectivity index (χ0n) is 8.47. The Balaban J connectivity index is 2.06. The van der Waals surface area contributed by atoms with Crippen LogP contribution in [0.4, 0.5) is 0 Å². The first-order chi connectivity index (χ1) is 6.77. The van der Waals surface area contributed by atoms with E-state index in [1.807, 2.05) is 18.2 Å². The minimum atomic E-state index is 0.0219. The Morgan fingerprint density at radius 3 is 2.86 bits per heavy atom. The molecule has 3 heteroatoms. The predicted molar refractivity (Wildman–Crippen MR) is 55.0 cm³/mol. The van der Waals surface area contributed by atoms with Crippen molar-refractivity contribution < 1.29 is 4.84 Å². The summed E-state index contributed by atoms with van der Waals surface area (Å²) in [5.74, 6) is 0.462. The lowest BCUT2D eigenvalue weighted by Crippen LogP contribution is -2.06. The fourth-order valence-electron chi connectivity index (χ4n) is 1.46. The van der Waals surface area contributed by atoms with Gasteiger partial charge in [0.15, 0.2) is 6.10 Å². The molecule has 2 heterocycles. The zero-order chi connectivity index (χ0) is 9.97. The van der Waals surface area contributed by atoms with Gasteiger partial charge in [-0.2, -0.15) is 0 Å². The molecule has 0 bridgehead atoms. The highest BCUT2D eigenvalue weighted by molar-refractivity contribution is 5.87. The van der Waals surface area contributed by atoms with Crippen LogP contribution >= 0.6 is 0 Å². The van der Waals surface area contributed by atoms with Gasteiger partial charge in [-0.05, 0) is 18.1 Å². The van der Waals surface area contributed by atoms with Gasteiger partial charge in [-0.25, -0.2) is 0 Å². The Bertz CT molecular complexity index is 332. The second-order valence-electron chi connectivity index (χ2n) is 3.79. The molecule has 1 aliphatic heterocycles. The average molecular weight is 190 g/mol. The molecule has 14 heavy (non-hydrogen) atoms. The van der Waals surface area contributed by atoms with Crippen LogP contribution < -0.4 is 0 Å². The molecule has 0 radical (unpaired) electrons. The molecule has 74 valence electrons. The second-order valence-corrected chi connectivity index (χ2v) is 3.79. The Morgan fingerprint density at radius 2 is 2.29 bits per heavy atom. The van der Waals surface area contributed by atoms with Gasteiger partial charge >= 0.3 is 0 Å². The van der Waals surface area contributed by atoms with Crippen LogP contribution in [0.5, 0.6) is 0 Å². The van der Waals surface area contributed by atoms with Gasteiger partial charge in [0, 0.05) is 12.6 Å². The first-order valence-corrected chi connectivity index (χ1v) is 4.91. The normalized spacial score (nSPS) is 20.8.